The van der Waals surface area contributed by atoms with E-state index in [2.05, 4.69) is 13.1 Å². The standard InChI is InChI=1S/C9H17OSi/c1-11(2)6-7-3-4-8-9(5-7)10-8/h7-9H,3-6H2,1-2H3. The molecule has 63 valence electrons. The first kappa shape index (κ1) is 7.81. The van der Waals surface area contributed by atoms with Gasteiger partial charge >= 0.3 is 0 Å². The maximum absolute atomic E-state index is 5.50. The van der Waals surface area contributed by atoms with Crippen LogP contribution in [-0.2, 0) is 4.74 Å². The summed E-state index contributed by atoms with van der Waals surface area (Å²) in [5.74, 6) is 1.02. The van der Waals surface area contributed by atoms with Crippen molar-refractivity contribution in [3.05, 3.63) is 0 Å². The number of fused-ring (bicyclic) bond motifs is 1. The molecule has 0 aromatic heterocycles. The lowest BCUT2D eigenvalue weighted by molar-refractivity contribution is 0.367. The highest BCUT2D eigenvalue weighted by atomic mass is 28.3. The Morgan fingerprint density at radius 3 is 2.73 bits per heavy atom. The molecule has 1 saturated heterocycles. The Kier molecular flexibility index (Phi) is 2.06. The van der Waals surface area contributed by atoms with Gasteiger partial charge in [-0.1, -0.05) is 19.1 Å². The molecular weight excluding hydrogens is 152 g/mol. The van der Waals surface area contributed by atoms with Crippen LogP contribution in [0.3, 0.4) is 0 Å². The molecule has 11 heavy (non-hydrogen) atoms. The lowest BCUT2D eigenvalue weighted by Crippen LogP contribution is -2.17. The van der Waals surface area contributed by atoms with E-state index in [1.807, 2.05) is 0 Å². The van der Waals surface area contributed by atoms with Gasteiger partial charge < -0.3 is 4.74 Å². The van der Waals surface area contributed by atoms with E-state index in [1.54, 1.807) is 0 Å². The van der Waals surface area contributed by atoms with Crippen molar-refractivity contribution in [2.45, 2.75) is 50.6 Å². The van der Waals surface area contributed by atoms with Gasteiger partial charge in [0.25, 0.3) is 0 Å². The predicted molar refractivity (Wildman–Crippen MR) is 48.3 cm³/mol. The van der Waals surface area contributed by atoms with Crippen LogP contribution in [0.25, 0.3) is 0 Å². The number of hydrogen-bond acceptors (Lipinski definition) is 1. The van der Waals surface area contributed by atoms with Crippen LogP contribution in [0.5, 0.6) is 0 Å². The van der Waals surface area contributed by atoms with Crippen LogP contribution in [0.15, 0.2) is 0 Å². The van der Waals surface area contributed by atoms with Crippen molar-refractivity contribution in [2.24, 2.45) is 5.92 Å². The lowest BCUT2D eigenvalue weighted by atomic mass is 9.91. The third-order valence-corrected chi connectivity index (χ3v) is 4.20. The number of rotatable bonds is 2. The van der Waals surface area contributed by atoms with Gasteiger partial charge in [0.05, 0.1) is 12.2 Å². The molecule has 1 aliphatic carbocycles. The van der Waals surface area contributed by atoms with Gasteiger partial charge in [0.1, 0.15) is 0 Å². The fourth-order valence-corrected chi connectivity index (χ4v) is 3.78. The molecule has 0 aromatic rings. The van der Waals surface area contributed by atoms with Gasteiger partial charge in [-0.25, -0.2) is 0 Å². The summed E-state index contributed by atoms with van der Waals surface area (Å²) in [5.41, 5.74) is 0. The van der Waals surface area contributed by atoms with E-state index in [-0.39, 0.29) is 8.80 Å². The summed E-state index contributed by atoms with van der Waals surface area (Å²) >= 11 is 0. The maximum Gasteiger partial charge on any atom is 0.0844 e. The van der Waals surface area contributed by atoms with Gasteiger partial charge in [-0.05, 0) is 25.2 Å². The van der Waals surface area contributed by atoms with E-state index < -0.39 is 0 Å². The van der Waals surface area contributed by atoms with E-state index >= 15 is 0 Å². The molecule has 1 aliphatic heterocycles. The zero-order valence-corrected chi connectivity index (χ0v) is 8.47. The van der Waals surface area contributed by atoms with Crippen molar-refractivity contribution in [3.8, 4) is 0 Å². The molecule has 2 rings (SSSR count). The molecule has 2 fully saturated rings. The van der Waals surface area contributed by atoms with Gasteiger partial charge in [-0.15, -0.1) is 0 Å². The minimum Gasteiger partial charge on any atom is -0.370 e. The summed E-state index contributed by atoms with van der Waals surface area (Å²) in [6.45, 7) is 4.84. The zero-order valence-electron chi connectivity index (χ0n) is 7.47. The molecular formula is C9H17OSi. The smallest absolute Gasteiger partial charge is 0.0844 e. The van der Waals surface area contributed by atoms with E-state index in [4.69, 9.17) is 4.74 Å². The highest BCUT2D eigenvalue weighted by Crippen LogP contribution is 2.41. The SMILES string of the molecule is C[Si](C)CC1CCC2OC2C1. The number of epoxide rings is 1. The minimum absolute atomic E-state index is 0.00627. The Labute approximate surface area is 70.7 Å². The molecule has 1 radical (unpaired) electrons. The van der Waals surface area contributed by atoms with E-state index in [0.717, 1.165) is 5.92 Å². The zero-order chi connectivity index (χ0) is 7.84. The second-order valence-corrected chi connectivity index (χ2v) is 7.13. The van der Waals surface area contributed by atoms with Gasteiger partial charge in [0.15, 0.2) is 0 Å². The highest BCUT2D eigenvalue weighted by molar-refractivity contribution is 6.55. The normalized spacial score (nSPS) is 42.3. The molecule has 0 N–H and O–H groups in total. The topological polar surface area (TPSA) is 12.5 Å². The molecule has 1 heterocycles. The van der Waals surface area contributed by atoms with Crippen LogP contribution >= 0.6 is 0 Å². The Hall–Kier alpha value is 0.177. The lowest BCUT2D eigenvalue weighted by Gasteiger charge is -2.19. The monoisotopic (exact) mass is 169 g/mol. The first-order valence-corrected chi connectivity index (χ1v) is 7.41. The Balaban J connectivity index is 1.76. The van der Waals surface area contributed by atoms with E-state index in [0.29, 0.717) is 12.2 Å². The average molecular weight is 169 g/mol. The van der Waals surface area contributed by atoms with E-state index in [9.17, 15) is 0 Å². The van der Waals surface area contributed by atoms with Gasteiger partial charge in [-0.2, -0.15) is 0 Å². The second kappa shape index (κ2) is 2.90. The fourth-order valence-electron chi connectivity index (χ4n) is 2.25. The minimum atomic E-state index is 0.00627. The van der Waals surface area contributed by atoms with Gasteiger partial charge in [0, 0.05) is 8.80 Å². The first-order valence-electron chi connectivity index (χ1n) is 4.70. The molecule has 1 nitrogen and oxygen atoms in total. The summed E-state index contributed by atoms with van der Waals surface area (Å²) in [6.07, 6.45) is 5.55. The number of ether oxygens (including phenoxy) is 1. The quantitative estimate of drug-likeness (QED) is 0.456. The third kappa shape index (κ3) is 1.85. The van der Waals surface area contributed by atoms with Crippen molar-refractivity contribution < 1.29 is 4.74 Å². The van der Waals surface area contributed by atoms with Crippen LogP contribution in [-0.4, -0.2) is 21.0 Å². The first-order chi connectivity index (χ1) is 5.25. The Morgan fingerprint density at radius 2 is 2.09 bits per heavy atom. The van der Waals surface area contributed by atoms with Crippen molar-refractivity contribution in [2.75, 3.05) is 0 Å². The summed E-state index contributed by atoms with van der Waals surface area (Å²) in [7, 11) is 0.00627. The molecule has 0 spiro atoms. The highest BCUT2D eigenvalue weighted by Gasteiger charge is 2.43. The Bertz CT molecular complexity index is 144. The molecule has 0 amide bonds. The van der Waals surface area contributed by atoms with Gasteiger partial charge in [-0.3, -0.25) is 0 Å². The fraction of sp³-hybridized carbons (Fsp3) is 1.00. The summed E-state index contributed by atoms with van der Waals surface area (Å²) in [5, 5.41) is 0. The molecule has 1 saturated carbocycles. The van der Waals surface area contributed by atoms with Crippen molar-refractivity contribution >= 4 is 8.80 Å². The summed E-state index contributed by atoms with van der Waals surface area (Å²) < 4.78 is 5.50. The second-order valence-electron chi connectivity index (χ2n) is 4.30. The molecule has 2 aliphatic rings. The third-order valence-electron chi connectivity index (χ3n) is 2.81. The molecule has 0 bridgehead atoms. The van der Waals surface area contributed by atoms with Crippen molar-refractivity contribution in [1.29, 1.82) is 0 Å². The molecule has 3 atom stereocenters. The molecule has 3 unspecified atom stereocenters. The van der Waals surface area contributed by atoms with Crippen molar-refractivity contribution in [3.63, 3.8) is 0 Å². The van der Waals surface area contributed by atoms with Crippen LogP contribution in [0.2, 0.25) is 19.1 Å². The largest absolute Gasteiger partial charge is 0.370 e. The van der Waals surface area contributed by atoms with Crippen LogP contribution in [0.4, 0.5) is 0 Å². The number of hydrogen-bond donors (Lipinski definition) is 0. The van der Waals surface area contributed by atoms with Crippen LogP contribution in [0.1, 0.15) is 19.3 Å². The Morgan fingerprint density at radius 1 is 1.27 bits per heavy atom. The summed E-state index contributed by atoms with van der Waals surface area (Å²) in [6, 6.07) is 1.51. The van der Waals surface area contributed by atoms with Crippen LogP contribution < -0.4 is 0 Å². The average Bonchev–Trinajstić information content (AvgIpc) is 2.63. The van der Waals surface area contributed by atoms with E-state index in [1.165, 1.54) is 25.3 Å². The molecule has 0 aromatic carbocycles. The predicted octanol–water partition coefficient (Wildman–Crippen LogP) is 2.31. The summed E-state index contributed by atoms with van der Waals surface area (Å²) in [4.78, 5) is 0. The van der Waals surface area contributed by atoms with Crippen LogP contribution in [0, 0.1) is 5.92 Å². The molecule has 2 heteroatoms. The van der Waals surface area contributed by atoms with Crippen molar-refractivity contribution in [1.82, 2.24) is 0 Å². The maximum atomic E-state index is 5.50. The van der Waals surface area contributed by atoms with Gasteiger partial charge in [0.2, 0.25) is 0 Å².